The molecule has 0 aliphatic carbocycles. The van der Waals surface area contributed by atoms with Crippen LogP contribution in [-0.2, 0) is 23.7 Å². The van der Waals surface area contributed by atoms with Crippen molar-refractivity contribution in [3.8, 4) is 0 Å². The molecule has 9 atom stereocenters. The van der Waals surface area contributed by atoms with E-state index in [-0.39, 0.29) is 6.42 Å². The fourth-order valence-electron chi connectivity index (χ4n) is 6.27. The highest BCUT2D eigenvalue weighted by molar-refractivity contribution is 5.69. The van der Waals surface area contributed by atoms with Gasteiger partial charge in [-0.15, -0.1) is 0 Å². The molecule has 2 fully saturated rings. The monoisotopic (exact) mass is 690 g/mol. The lowest BCUT2D eigenvalue weighted by Crippen LogP contribution is -2.62. The first-order chi connectivity index (χ1) is 23.2. The predicted octanol–water partition coefficient (Wildman–Crippen LogP) is 3.53. The molecule has 0 aromatic heterocycles. The minimum atomic E-state index is -2.25. The standard InChI is InChI=1S/C36H66O12/c1-2-3-4-5-6-7-8-9-10-11-12-13-14-15-16-17-18-19-20-21-22-23-29(39)45-26-36(34(44)31(41)28(25-38)47-36)48-35-33(43)32(42)30(40)27(24-37)46-35/h9-10,27-28,30-35,37-38,40-44H,2-8,11-26H2,1H3/b10-9-/t27-,28-,30-,31-,32+,33-,34+,35-,36+/m1/s1. The van der Waals surface area contributed by atoms with Crippen LogP contribution in [0.2, 0.25) is 0 Å². The van der Waals surface area contributed by atoms with Gasteiger partial charge in [-0.3, -0.25) is 4.79 Å². The third-order valence-electron chi connectivity index (χ3n) is 9.43. The maximum absolute atomic E-state index is 12.5. The van der Waals surface area contributed by atoms with Crippen molar-refractivity contribution in [2.75, 3.05) is 19.8 Å². The Morgan fingerprint density at radius 2 is 1.15 bits per heavy atom. The molecule has 282 valence electrons. The Morgan fingerprint density at radius 3 is 1.65 bits per heavy atom. The van der Waals surface area contributed by atoms with Gasteiger partial charge < -0.3 is 54.7 Å². The summed E-state index contributed by atoms with van der Waals surface area (Å²) >= 11 is 0. The Bertz CT molecular complexity index is 857. The number of hydrogen-bond acceptors (Lipinski definition) is 12. The predicted molar refractivity (Wildman–Crippen MR) is 180 cm³/mol. The molecule has 0 bridgehead atoms. The van der Waals surface area contributed by atoms with E-state index in [1.165, 1.54) is 96.3 Å². The summed E-state index contributed by atoms with van der Waals surface area (Å²) in [6.07, 6.45) is 14.8. The third kappa shape index (κ3) is 15.0. The second-order valence-corrected chi connectivity index (χ2v) is 13.5. The average Bonchev–Trinajstić information content (AvgIpc) is 3.32. The van der Waals surface area contributed by atoms with Gasteiger partial charge in [0.2, 0.25) is 5.79 Å². The topological polar surface area (TPSA) is 196 Å². The number of carbonyl (C=O) groups excluding carboxylic acids is 1. The molecule has 2 heterocycles. The summed E-state index contributed by atoms with van der Waals surface area (Å²) in [7, 11) is 0. The zero-order chi connectivity index (χ0) is 35.2. The number of aliphatic hydroxyl groups excluding tert-OH is 7. The molecule has 0 aromatic carbocycles. The summed E-state index contributed by atoms with van der Waals surface area (Å²) in [5.41, 5.74) is 0. The molecule has 2 saturated heterocycles. The highest BCUT2D eigenvalue weighted by atomic mass is 16.8. The van der Waals surface area contributed by atoms with Crippen LogP contribution in [0, 0.1) is 0 Å². The van der Waals surface area contributed by atoms with Crippen LogP contribution >= 0.6 is 0 Å². The molecule has 2 aliphatic rings. The molecule has 0 aromatic rings. The van der Waals surface area contributed by atoms with Gasteiger partial charge in [0.05, 0.1) is 13.2 Å². The molecule has 0 amide bonds. The van der Waals surface area contributed by atoms with Crippen molar-refractivity contribution < 1.29 is 59.5 Å². The second-order valence-electron chi connectivity index (χ2n) is 13.5. The van der Waals surface area contributed by atoms with E-state index >= 15 is 0 Å². The van der Waals surface area contributed by atoms with E-state index in [2.05, 4.69) is 19.1 Å². The molecule has 0 saturated carbocycles. The van der Waals surface area contributed by atoms with E-state index in [0.717, 1.165) is 19.3 Å². The van der Waals surface area contributed by atoms with Crippen LogP contribution in [0.15, 0.2) is 12.2 Å². The van der Waals surface area contributed by atoms with E-state index < -0.39 is 80.6 Å². The van der Waals surface area contributed by atoms with E-state index in [1.54, 1.807) is 0 Å². The third-order valence-corrected chi connectivity index (χ3v) is 9.43. The Hall–Kier alpha value is -1.19. The molecule has 0 spiro atoms. The Balaban J connectivity index is 1.56. The summed E-state index contributed by atoms with van der Waals surface area (Å²) in [5, 5.41) is 70.6. The quantitative estimate of drug-likeness (QED) is 0.0377. The normalized spacial score (nSPS) is 30.8. The highest BCUT2D eigenvalue weighted by Crippen LogP contribution is 2.36. The van der Waals surface area contributed by atoms with Crippen molar-refractivity contribution in [1.29, 1.82) is 0 Å². The molecule has 0 unspecified atom stereocenters. The number of carbonyl (C=O) groups is 1. The largest absolute Gasteiger partial charge is 0.460 e. The van der Waals surface area contributed by atoms with Crippen molar-refractivity contribution >= 4 is 5.97 Å². The number of unbranched alkanes of at least 4 members (excludes halogenated alkanes) is 17. The van der Waals surface area contributed by atoms with Gasteiger partial charge in [0.1, 0.15) is 49.3 Å². The summed E-state index contributed by atoms with van der Waals surface area (Å²) < 4.78 is 21.9. The van der Waals surface area contributed by atoms with Crippen LogP contribution in [0.5, 0.6) is 0 Å². The van der Waals surface area contributed by atoms with Crippen molar-refractivity contribution in [3.63, 3.8) is 0 Å². The van der Waals surface area contributed by atoms with Gasteiger partial charge >= 0.3 is 5.97 Å². The molecular formula is C36H66O12. The molecule has 7 N–H and O–H groups in total. The number of aliphatic hydroxyl groups is 7. The smallest absolute Gasteiger partial charge is 0.305 e. The lowest BCUT2D eigenvalue weighted by atomic mass is 9.99. The number of ether oxygens (including phenoxy) is 4. The fourth-order valence-corrected chi connectivity index (χ4v) is 6.27. The Morgan fingerprint density at radius 1 is 0.646 bits per heavy atom. The maximum atomic E-state index is 12.5. The van der Waals surface area contributed by atoms with Crippen molar-refractivity contribution in [2.45, 2.75) is 190 Å². The van der Waals surface area contributed by atoms with Crippen molar-refractivity contribution in [3.05, 3.63) is 12.2 Å². The highest BCUT2D eigenvalue weighted by Gasteiger charge is 2.59. The van der Waals surface area contributed by atoms with Gasteiger partial charge in [-0.25, -0.2) is 0 Å². The lowest BCUT2D eigenvalue weighted by Gasteiger charge is -2.43. The molecule has 2 rings (SSSR count). The van der Waals surface area contributed by atoms with Gasteiger partial charge in [0.15, 0.2) is 6.29 Å². The number of hydrogen-bond donors (Lipinski definition) is 7. The second kappa shape index (κ2) is 24.9. The van der Waals surface area contributed by atoms with Crippen LogP contribution in [0.1, 0.15) is 135 Å². The van der Waals surface area contributed by atoms with Crippen LogP contribution in [-0.4, -0.2) is 116 Å². The first-order valence-corrected chi connectivity index (χ1v) is 18.6. The van der Waals surface area contributed by atoms with Crippen LogP contribution < -0.4 is 0 Å². The van der Waals surface area contributed by atoms with E-state index in [0.29, 0.717) is 6.42 Å². The number of esters is 1. The lowest BCUT2D eigenvalue weighted by molar-refractivity contribution is -0.383. The first kappa shape index (κ1) is 43.0. The number of allylic oxidation sites excluding steroid dienone is 2. The zero-order valence-electron chi connectivity index (χ0n) is 29.2. The zero-order valence-corrected chi connectivity index (χ0v) is 29.2. The summed E-state index contributed by atoms with van der Waals surface area (Å²) in [6.45, 7) is 0.148. The first-order valence-electron chi connectivity index (χ1n) is 18.6. The average molecular weight is 691 g/mol. The fraction of sp³-hybridized carbons (Fsp3) is 0.917. The summed E-state index contributed by atoms with van der Waals surface area (Å²) in [4.78, 5) is 12.5. The maximum Gasteiger partial charge on any atom is 0.305 e. The molecule has 0 radical (unpaired) electrons. The van der Waals surface area contributed by atoms with Gasteiger partial charge in [-0.1, -0.05) is 109 Å². The van der Waals surface area contributed by atoms with Crippen LogP contribution in [0.25, 0.3) is 0 Å². The summed E-state index contributed by atoms with van der Waals surface area (Å²) in [5.74, 6) is -2.84. The minimum absolute atomic E-state index is 0.117. The van der Waals surface area contributed by atoms with E-state index in [4.69, 9.17) is 18.9 Å². The molecule has 2 aliphatic heterocycles. The minimum Gasteiger partial charge on any atom is -0.460 e. The molecular weight excluding hydrogens is 624 g/mol. The van der Waals surface area contributed by atoms with Crippen molar-refractivity contribution in [1.82, 2.24) is 0 Å². The summed E-state index contributed by atoms with van der Waals surface area (Å²) in [6, 6.07) is 0. The van der Waals surface area contributed by atoms with Gasteiger partial charge in [-0.2, -0.15) is 0 Å². The Kier molecular flexibility index (Phi) is 22.3. The van der Waals surface area contributed by atoms with Gasteiger partial charge in [0, 0.05) is 6.42 Å². The van der Waals surface area contributed by atoms with E-state index in [1.807, 2.05) is 0 Å². The van der Waals surface area contributed by atoms with Crippen molar-refractivity contribution in [2.24, 2.45) is 0 Å². The van der Waals surface area contributed by atoms with Crippen LogP contribution in [0.4, 0.5) is 0 Å². The van der Waals surface area contributed by atoms with Crippen LogP contribution in [0.3, 0.4) is 0 Å². The molecule has 48 heavy (non-hydrogen) atoms. The van der Waals surface area contributed by atoms with E-state index in [9.17, 15) is 40.5 Å². The molecule has 12 heteroatoms. The number of rotatable bonds is 27. The molecule has 12 nitrogen and oxygen atoms in total. The SMILES string of the molecule is CCCCCCCC/C=C\CCCCCCCCCCCCCC(=O)OC[C@@]1(O[C@H]2O[C@H](CO)[C@@H](O)[C@H](O)[C@H]2O)O[C@H](CO)[C@@H](O)[C@@H]1O. The van der Waals surface area contributed by atoms with Gasteiger partial charge in [-0.05, 0) is 32.1 Å². The van der Waals surface area contributed by atoms with Gasteiger partial charge in [0.25, 0.3) is 0 Å². The Labute approximate surface area is 287 Å².